The molecule has 0 aliphatic heterocycles. The van der Waals surface area contributed by atoms with E-state index < -0.39 is 5.60 Å². The van der Waals surface area contributed by atoms with Crippen LogP contribution in [0, 0.1) is 12.3 Å². The summed E-state index contributed by atoms with van der Waals surface area (Å²) in [4.78, 5) is 0. The largest absolute Gasteiger partial charge is 0.386 e. The van der Waals surface area contributed by atoms with Crippen molar-refractivity contribution in [2.24, 2.45) is 11.1 Å². The van der Waals surface area contributed by atoms with Crippen molar-refractivity contribution >= 4 is 0 Å². The first kappa shape index (κ1) is 11.7. The fraction of sp³-hybridized carbons (Fsp3) is 0.529. The number of rotatable bonds is 0. The Bertz CT molecular complexity index is 593. The predicted octanol–water partition coefficient (Wildman–Crippen LogP) is 2.95. The molecule has 4 atom stereocenters. The van der Waals surface area contributed by atoms with Crippen LogP contribution in [-0.2, 0) is 0 Å². The number of hydrogen-bond donors (Lipinski definition) is 2. The van der Waals surface area contributed by atoms with Crippen LogP contribution in [0.15, 0.2) is 30.4 Å². The van der Waals surface area contributed by atoms with Gasteiger partial charge in [-0.3, -0.25) is 0 Å². The van der Waals surface area contributed by atoms with Gasteiger partial charge in [0.15, 0.2) is 0 Å². The van der Waals surface area contributed by atoms with E-state index in [1.807, 2.05) is 0 Å². The Kier molecular flexibility index (Phi) is 2.03. The van der Waals surface area contributed by atoms with Crippen LogP contribution < -0.4 is 5.73 Å². The third-order valence-corrected chi connectivity index (χ3v) is 6.03. The van der Waals surface area contributed by atoms with E-state index in [2.05, 4.69) is 31.7 Å². The minimum Gasteiger partial charge on any atom is -0.386 e. The van der Waals surface area contributed by atoms with Crippen molar-refractivity contribution < 1.29 is 5.11 Å². The monoisotopic (exact) mass is 255 g/mol. The number of benzene rings is 1. The first-order valence-corrected chi connectivity index (χ1v) is 7.24. The SMILES string of the molecule is C=C1C[C@]23C[C@]1(O)CC[C@H]2c1cccc(C)c1[C@@H]3N. The van der Waals surface area contributed by atoms with Gasteiger partial charge in [-0.05, 0) is 60.8 Å². The number of aryl methyl sites for hydroxylation is 1. The molecular weight excluding hydrogens is 234 g/mol. The minimum atomic E-state index is -0.649. The lowest BCUT2D eigenvalue weighted by molar-refractivity contribution is 0.00676. The molecule has 2 fully saturated rings. The van der Waals surface area contributed by atoms with Crippen LogP contribution >= 0.6 is 0 Å². The standard InChI is InChI=1S/C17H21NO/c1-10-4-3-5-12-13-6-7-17(19)9-16(13,8-11(17)2)15(18)14(10)12/h3-5,13,15,19H,2,6-9,18H2,1H3/t13-,15-,16-,17+/m0/s1. The van der Waals surface area contributed by atoms with Crippen molar-refractivity contribution in [3.8, 4) is 0 Å². The Balaban J connectivity index is 1.93. The molecule has 0 heterocycles. The molecule has 100 valence electrons. The Morgan fingerprint density at radius 3 is 3.00 bits per heavy atom. The molecule has 1 spiro atoms. The molecule has 2 bridgehead atoms. The maximum absolute atomic E-state index is 10.7. The second-order valence-corrected chi connectivity index (χ2v) is 6.87. The van der Waals surface area contributed by atoms with Crippen LogP contribution in [0.25, 0.3) is 0 Å². The summed E-state index contributed by atoms with van der Waals surface area (Å²) in [6, 6.07) is 6.60. The number of fused-ring (bicyclic) bond motifs is 3. The highest BCUT2D eigenvalue weighted by atomic mass is 16.3. The molecule has 3 aliphatic rings. The zero-order valence-electron chi connectivity index (χ0n) is 11.4. The molecule has 1 aromatic carbocycles. The zero-order chi connectivity index (χ0) is 13.4. The molecule has 1 aromatic rings. The number of aliphatic hydroxyl groups is 1. The molecular formula is C17H21NO. The third-order valence-electron chi connectivity index (χ3n) is 6.03. The minimum absolute atomic E-state index is 0.0263. The van der Waals surface area contributed by atoms with E-state index in [9.17, 15) is 5.11 Å². The van der Waals surface area contributed by atoms with Gasteiger partial charge in [0.25, 0.3) is 0 Å². The van der Waals surface area contributed by atoms with Crippen LogP contribution in [0.3, 0.4) is 0 Å². The Morgan fingerprint density at radius 1 is 1.42 bits per heavy atom. The quantitative estimate of drug-likeness (QED) is 0.700. The molecule has 2 nitrogen and oxygen atoms in total. The van der Waals surface area contributed by atoms with Crippen molar-refractivity contribution in [3.05, 3.63) is 47.0 Å². The van der Waals surface area contributed by atoms with Gasteiger partial charge in [-0.2, -0.15) is 0 Å². The fourth-order valence-corrected chi connectivity index (χ4v) is 5.10. The third kappa shape index (κ3) is 1.20. The van der Waals surface area contributed by atoms with E-state index in [1.165, 1.54) is 16.7 Å². The molecule has 0 radical (unpaired) electrons. The molecule has 0 unspecified atom stereocenters. The molecule has 3 aliphatic carbocycles. The van der Waals surface area contributed by atoms with E-state index in [1.54, 1.807) is 0 Å². The van der Waals surface area contributed by atoms with Crippen LogP contribution in [0.5, 0.6) is 0 Å². The summed E-state index contributed by atoms with van der Waals surface area (Å²) in [6.45, 7) is 6.29. The van der Waals surface area contributed by atoms with Gasteiger partial charge in [-0.25, -0.2) is 0 Å². The Hall–Kier alpha value is -1.12. The second kappa shape index (κ2) is 3.31. The lowest BCUT2D eigenvalue weighted by atomic mass is 9.65. The summed E-state index contributed by atoms with van der Waals surface area (Å²) in [5, 5.41) is 10.7. The van der Waals surface area contributed by atoms with Crippen LogP contribution in [0.1, 0.15) is 54.3 Å². The fourth-order valence-electron chi connectivity index (χ4n) is 5.10. The van der Waals surface area contributed by atoms with Gasteiger partial charge < -0.3 is 10.8 Å². The van der Waals surface area contributed by atoms with Crippen molar-refractivity contribution in [2.45, 2.75) is 50.2 Å². The highest BCUT2D eigenvalue weighted by molar-refractivity contribution is 5.50. The maximum atomic E-state index is 10.7. The average molecular weight is 255 g/mol. The first-order chi connectivity index (χ1) is 8.98. The molecule has 2 saturated carbocycles. The average Bonchev–Trinajstić information content (AvgIpc) is 2.71. The van der Waals surface area contributed by atoms with E-state index in [0.717, 1.165) is 31.3 Å². The summed E-state index contributed by atoms with van der Waals surface area (Å²) >= 11 is 0. The van der Waals surface area contributed by atoms with E-state index in [-0.39, 0.29) is 11.5 Å². The normalized spacial score (nSPS) is 43.2. The summed E-state index contributed by atoms with van der Waals surface area (Å²) in [5.74, 6) is 0.511. The van der Waals surface area contributed by atoms with Crippen molar-refractivity contribution in [1.29, 1.82) is 0 Å². The van der Waals surface area contributed by atoms with Crippen molar-refractivity contribution in [3.63, 3.8) is 0 Å². The van der Waals surface area contributed by atoms with Gasteiger partial charge in [0.1, 0.15) is 0 Å². The first-order valence-electron chi connectivity index (χ1n) is 7.24. The van der Waals surface area contributed by atoms with E-state index in [0.29, 0.717) is 5.92 Å². The van der Waals surface area contributed by atoms with Gasteiger partial charge in [0.05, 0.1) is 5.60 Å². The molecule has 0 amide bonds. The van der Waals surface area contributed by atoms with Gasteiger partial charge in [-0.1, -0.05) is 24.8 Å². The molecule has 19 heavy (non-hydrogen) atoms. The highest BCUT2D eigenvalue weighted by Gasteiger charge is 2.63. The maximum Gasteiger partial charge on any atom is 0.0860 e. The predicted molar refractivity (Wildman–Crippen MR) is 75.8 cm³/mol. The molecule has 3 N–H and O–H groups in total. The van der Waals surface area contributed by atoms with Gasteiger partial charge in [-0.15, -0.1) is 0 Å². The van der Waals surface area contributed by atoms with Gasteiger partial charge in [0.2, 0.25) is 0 Å². The van der Waals surface area contributed by atoms with E-state index in [4.69, 9.17) is 5.73 Å². The summed E-state index contributed by atoms with van der Waals surface area (Å²) < 4.78 is 0. The highest BCUT2D eigenvalue weighted by Crippen LogP contribution is 2.69. The lowest BCUT2D eigenvalue weighted by Gasteiger charge is -2.41. The van der Waals surface area contributed by atoms with Crippen molar-refractivity contribution in [1.82, 2.24) is 0 Å². The Labute approximate surface area is 114 Å². The van der Waals surface area contributed by atoms with Gasteiger partial charge in [0, 0.05) is 11.5 Å². The zero-order valence-corrected chi connectivity index (χ0v) is 11.4. The number of nitrogens with two attached hydrogens (primary N) is 1. The second-order valence-electron chi connectivity index (χ2n) is 6.87. The molecule has 4 rings (SSSR count). The van der Waals surface area contributed by atoms with Crippen LogP contribution in [-0.4, -0.2) is 10.7 Å². The molecule has 0 aromatic heterocycles. The van der Waals surface area contributed by atoms with E-state index >= 15 is 0 Å². The Morgan fingerprint density at radius 2 is 2.21 bits per heavy atom. The van der Waals surface area contributed by atoms with Crippen LogP contribution in [0.4, 0.5) is 0 Å². The number of hydrogen-bond acceptors (Lipinski definition) is 2. The van der Waals surface area contributed by atoms with Crippen LogP contribution in [0.2, 0.25) is 0 Å². The lowest BCUT2D eigenvalue weighted by Crippen LogP contribution is -2.40. The topological polar surface area (TPSA) is 46.2 Å². The van der Waals surface area contributed by atoms with Gasteiger partial charge >= 0.3 is 0 Å². The summed E-state index contributed by atoms with van der Waals surface area (Å²) in [7, 11) is 0. The molecule has 2 heteroatoms. The van der Waals surface area contributed by atoms with Crippen molar-refractivity contribution in [2.75, 3.05) is 0 Å². The molecule has 0 saturated heterocycles. The smallest absolute Gasteiger partial charge is 0.0860 e. The summed E-state index contributed by atoms with van der Waals surface area (Å²) in [6.07, 6.45) is 3.58. The summed E-state index contributed by atoms with van der Waals surface area (Å²) in [5.41, 5.74) is 11.1.